The van der Waals surface area contributed by atoms with E-state index in [9.17, 15) is 4.79 Å². The molecule has 1 aromatic rings. The van der Waals surface area contributed by atoms with Crippen LogP contribution in [-0.2, 0) is 11.2 Å². The third-order valence-electron chi connectivity index (χ3n) is 3.35. The summed E-state index contributed by atoms with van der Waals surface area (Å²) in [5, 5.41) is 2.90. The van der Waals surface area contributed by atoms with Crippen LogP contribution >= 0.6 is 0 Å². The number of hydrogen-bond donors (Lipinski definition) is 3. The Kier molecular flexibility index (Phi) is 3.47. The van der Waals surface area contributed by atoms with Crippen LogP contribution in [0.2, 0.25) is 0 Å². The molecule has 1 fully saturated rings. The van der Waals surface area contributed by atoms with Gasteiger partial charge in [-0.2, -0.15) is 0 Å². The summed E-state index contributed by atoms with van der Waals surface area (Å²) in [4.78, 5) is 19.0. The van der Waals surface area contributed by atoms with Crippen LogP contribution in [0, 0.1) is 5.92 Å². The summed E-state index contributed by atoms with van der Waals surface area (Å²) in [6.45, 7) is 2.48. The van der Waals surface area contributed by atoms with Crippen LogP contribution in [0.25, 0.3) is 0 Å². The first-order valence-electron chi connectivity index (χ1n) is 6.16. The normalized spacial score (nSPS) is 18.7. The minimum Gasteiger partial charge on any atom is -0.354 e. The summed E-state index contributed by atoms with van der Waals surface area (Å²) in [5.41, 5.74) is 5.32. The van der Waals surface area contributed by atoms with Crippen molar-refractivity contribution >= 4 is 5.91 Å². The molecule has 1 saturated carbocycles. The summed E-state index contributed by atoms with van der Waals surface area (Å²) in [5.74, 6) is 1.30. The molecule has 0 spiro atoms. The Morgan fingerprint density at radius 3 is 3.06 bits per heavy atom. The minimum absolute atomic E-state index is 0.0283. The van der Waals surface area contributed by atoms with Gasteiger partial charge in [-0.05, 0) is 32.1 Å². The molecule has 0 bridgehead atoms. The van der Waals surface area contributed by atoms with Crippen LogP contribution in [0.5, 0.6) is 0 Å². The zero-order chi connectivity index (χ0) is 12.3. The maximum Gasteiger partial charge on any atom is 0.240 e. The van der Waals surface area contributed by atoms with Crippen LogP contribution < -0.4 is 11.1 Å². The SMILES string of the molecule is CC(N)(C(=O)NCCCc1ncc[nH]1)C1CC1. The number of aromatic nitrogens is 2. The molecule has 1 aromatic heterocycles. The number of carbonyl (C=O) groups excluding carboxylic acids is 1. The fraction of sp³-hybridized carbons (Fsp3) is 0.667. The maximum absolute atomic E-state index is 11.8. The van der Waals surface area contributed by atoms with Gasteiger partial charge in [-0.15, -0.1) is 0 Å². The van der Waals surface area contributed by atoms with Crippen LogP contribution in [-0.4, -0.2) is 28.0 Å². The average molecular weight is 236 g/mol. The Morgan fingerprint density at radius 2 is 2.47 bits per heavy atom. The summed E-state index contributed by atoms with van der Waals surface area (Å²) in [6, 6.07) is 0. The Balaban J connectivity index is 1.66. The van der Waals surface area contributed by atoms with Gasteiger partial charge in [0.05, 0.1) is 5.54 Å². The number of H-pyrrole nitrogens is 1. The molecule has 2 rings (SSSR count). The number of imidazole rings is 1. The quantitative estimate of drug-likeness (QED) is 0.632. The Labute approximate surface area is 101 Å². The van der Waals surface area contributed by atoms with Crippen LogP contribution in [0.3, 0.4) is 0 Å². The summed E-state index contributed by atoms with van der Waals surface area (Å²) in [6.07, 6.45) is 7.41. The second kappa shape index (κ2) is 4.87. The zero-order valence-electron chi connectivity index (χ0n) is 10.2. The van der Waals surface area contributed by atoms with Gasteiger partial charge < -0.3 is 16.0 Å². The predicted octanol–water partition coefficient (Wildman–Crippen LogP) is 0.586. The second-order valence-electron chi connectivity index (χ2n) is 4.95. The zero-order valence-corrected chi connectivity index (χ0v) is 10.2. The fourth-order valence-corrected chi connectivity index (χ4v) is 1.95. The van der Waals surface area contributed by atoms with Gasteiger partial charge in [-0.1, -0.05) is 0 Å². The van der Waals surface area contributed by atoms with Gasteiger partial charge in [0.1, 0.15) is 5.82 Å². The molecule has 0 radical (unpaired) electrons. The van der Waals surface area contributed by atoms with Crippen molar-refractivity contribution in [1.82, 2.24) is 15.3 Å². The molecule has 1 aliphatic rings. The first kappa shape index (κ1) is 12.1. The van der Waals surface area contributed by atoms with Crippen molar-refractivity contribution in [2.24, 2.45) is 11.7 Å². The van der Waals surface area contributed by atoms with E-state index >= 15 is 0 Å². The van der Waals surface area contributed by atoms with Crippen molar-refractivity contribution in [3.8, 4) is 0 Å². The molecule has 1 aliphatic carbocycles. The van der Waals surface area contributed by atoms with E-state index in [1.165, 1.54) is 0 Å². The van der Waals surface area contributed by atoms with Gasteiger partial charge in [0.25, 0.3) is 0 Å². The van der Waals surface area contributed by atoms with E-state index in [2.05, 4.69) is 15.3 Å². The minimum atomic E-state index is -0.690. The largest absolute Gasteiger partial charge is 0.354 e. The van der Waals surface area contributed by atoms with E-state index in [1.54, 1.807) is 12.4 Å². The lowest BCUT2D eigenvalue weighted by Gasteiger charge is -2.23. The first-order valence-corrected chi connectivity index (χ1v) is 6.16. The van der Waals surface area contributed by atoms with Crippen LogP contribution in [0.15, 0.2) is 12.4 Å². The highest BCUT2D eigenvalue weighted by Gasteiger charge is 2.43. The topological polar surface area (TPSA) is 83.8 Å². The molecular formula is C12H20N4O. The molecule has 17 heavy (non-hydrogen) atoms. The van der Waals surface area contributed by atoms with Gasteiger partial charge in [0.2, 0.25) is 5.91 Å². The lowest BCUT2D eigenvalue weighted by molar-refractivity contribution is -0.126. The Bertz CT molecular complexity index is 368. The molecule has 4 N–H and O–H groups in total. The lowest BCUT2D eigenvalue weighted by atomic mass is 9.96. The number of nitrogens with zero attached hydrogens (tertiary/aromatic N) is 1. The molecule has 1 atom stereocenters. The standard InChI is InChI=1S/C12H20N4O/c1-12(13,9-4-5-9)11(17)16-6-2-3-10-14-7-8-15-10/h7-9H,2-6,13H2,1H3,(H,14,15)(H,16,17). The second-order valence-corrected chi connectivity index (χ2v) is 4.95. The van der Waals surface area contributed by atoms with Gasteiger partial charge >= 0.3 is 0 Å². The van der Waals surface area contributed by atoms with Crippen molar-refractivity contribution in [3.63, 3.8) is 0 Å². The van der Waals surface area contributed by atoms with E-state index in [0.29, 0.717) is 12.5 Å². The molecule has 94 valence electrons. The third-order valence-corrected chi connectivity index (χ3v) is 3.35. The third kappa shape index (κ3) is 3.06. The lowest BCUT2D eigenvalue weighted by Crippen LogP contribution is -2.53. The number of hydrogen-bond acceptors (Lipinski definition) is 3. The van der Waals surface area contributed by atoms with E-state index in [4.69, 9.17) is 5.73 Å². The van der Waals surface area contributed by atoms with Crippen molar-refractivity contribution in [1.29, 1.82) is 0 Å². The van der Waals surface area contributed by atoms with Gasteiger partial charge in [0, 0.05) is 25.4 Å². The monoisotopic (exact) mass is 236 g/mol. The highest BCUT2D eigenvalue weighted by Crippen LogP contribution is 2.38. The van der Waals surface area contributed by atoms with Crippen LogP contribution in [0.4, 0.5) is 0 Å². The maximum atomic E-state index is 11.8. The van der Waals surface area contributed by atoms with E-state index in [-0.39, 0.29) is 5.91 Å². The van der Waals surface area contributed by atoms with Crippen molar-refractivity contribution < 1.29 is 4.79 Å². The highest BCUT2D eigenvalue weighted by atomic mass is 16.2. The van der Waals surface area contributed by atoms with E-state index in [1.807, 2.05) is 6.92 Å². The number of rotatable bonds is 6. The number of nitrogens with one attached hydrogen (secondary N) is 2. The first-order chi connectivity index (χ1) is 8.10. The smallest absolute Gasteiger partial charge is 0.240 e. The predicted molar refractivity (Wildman–Crippen MR) is 65.2 cm³/mol. The Morgan fingerprint density at radius 1 is 1.71 bits per heavy atom. The van der Waals surface area contributed by atoms with E-state index < -0.39 is 5.54 Å². The number of aromatic amines is 1. The molecule has 1 heterocycles. The summed E-state index contributed by atoms with van der Waals surface area (Å²) in [7, 11) is 0. The number of aryl methyl sites for hydroxylation is 1. The van der Waals surface area contributed by atoms with Gasteiger partial charge in [-0.25, -0.2) is 4.98 Å². The average Bonchev–Trinajstić information content (AvgIpc) is 3.04. The molecule has 0 saturated heterocycles. The van der Waals surface area contributed by atoms with Gasteiger partial charge in [-0.3, -0.25) is 4.79 Å². The summed E-state index contributed by atoms with van der Waals surface area (Å²) >= 11 is 0. The van der Waals surface area contributed by atoms with Crippen molar-refractivity contribution in [3.05, 3.63) is 18.2 Å². The van der Waals surface area contributed by atoms with Crippen LogP contribution in [0.1, 0.15) is 32.0 Å². The Hall–Kier alpha value is -1.36. The molecule has 1 unspecified atom stereocenters. The highest BCUT2D eigenvalue weighted by molar-refractivity contribution is 5.86. The molecule has 5 nitrogen and oxygen atoms in total. The number of amides is 1. The molecule has 1 amide bonds. The molecule has 0 aliphatic heterocycles. The summed E-state index contributed by atoms with van der Waals surface area (Å²) < 4.78 is 0. The molecule has 5 heteroatoms. The molecule has 0 aromatic carbocycles. The number of carbonyl (C=O) groups is 1. The molecular weight excluding hydrogens is 216 g/mol. The van der Waals surface area contributed by atoms with Crippen molar-refractivity contribution in [2.75, 3.05) is 6.54 Å². The van der Waals surface area contributed by atoms with Crippen molar-refractivity contribution in [2.45, 2.75) is 38.1 Å². The fourth-order valence-electron chi connectivity index (χ4n) is 1.95. The van der Waals surface area contributed by atoms with E-state index in [0.717, 1.165) is 31.5 Å². The number of nitrogens with two attached hydrogens (primary N) is 1. The van der Waals surface area contributed by atoms with Gasteiger partial charge in [0.15, 0.2) is 0 Å².